The van der Waals surface area contributed by atoms with Gasteiger partial charge in [0.05, 0.1) is 11.9 Å². The molecule has 8 nitrogen and oxygen atoms in total. The number of amides is 1. The topological polar surface area (TPSA) is 94.8 Å². The van der Waals surface area contributed by atoms with Gasteiger partial charge in [-0.15, -0.1) is 5.10 Å². The predicted molar refractivity (Wildman–Crippen MR) is 100 cm³/mol. The molecular weight excluding hydrogens is 344 g/mol. The molecule has 0 unspecified atom stereocenters. The van der Waals surface area contributed by atoms with Crippen LogP contribution in [0.25, 0.3) is 11.4 Å². The molecule has 3 rings (SSSR count). The highest BCUT2D eigenvalue weighted by atomic mass is 16.5. The summed E-state index contributed by atoms with van der Waals surface area (Å²) in [5.74, 6) is 0.347. The van der Waals surface area contributed by atoms with E-state index in [4.69, 9.17) is 4.74 Å². The first-order chi connectivity index (χ1) is 12.9. The van der Waals surface area contributed by atoms with E-state index in [0.29, 0.717) is 17.1 Å². The molecule has 0 fully saturated rings. The van der Waals surface area contributed by atoms with Crippen LogP contribution >= 0.6 is 0 Å². The van der Waals surface area contributed by atoms with Crippen LogP contribution in [0.5, 0.6) is 5.75 Å². The predicted octanol–water partition coefficient (Wildman–Crippen LogP) is 2.30. The number of hydrogen-bond acceptors (Lipinski definition) is 6. The van der Waals surface area contributed by atoms with Crippen molar-refractivity contribution >= 4 is 5.91 Å². The van der Waals surface area contributed by atoms with E-state index in [1.807, 2.05) is 32.9 Å². The molecule has 0 saturated carbocycles. The van der Waals surface area contributed by atoms with Crippen molar-refractivity contribution in [1.29, 1.82) is 0 Å². The third-order valence-electron chi connectivity index (χ3n) is 3.86. The summed E-state index contributed by atoms with van der Waals surface area (Å²) in [4.78, 5) is 20.5. The van der Waals surface area contributed by atoms with Crippen molar-refractivity contribution in [1.82, 2.24) is 30.3 Å². The van der Waals surface area contributed by atoms with E-state index in [0.717, 1.165) is 17.0 Å². The summed E-state index contributed by atoms with van der Waals surface area (Å²) in [7, 11) is 1.81. The number of nitrogens with one attached hydrogen (secondary N) is 1. The zero-order chi connectivity index (χ0) is 19.4. The van der Waals surface area contributed by atoms with Crippen LogP contribution in [0.1, 0.15) is 35.6 Å². The van der Waals surface area contributed by atoms with Crippen molar-refractivity contribution in [3.05, 3.63) is 53.6 Å². The van der Waals surface area contributed by atoms with Gasteiger partial charge in [-0.3, -0.25) is 9.78 Å². The first kappa shape index (κ1) is 18.5. The van der Waals surface area contributed by atoms with E-state index < -0.39 is 0 Å². The molecule has 0 atom stereocenters. The second kappa shape index (κ2) is 7.94. The molecule has 140 valence electrons. The highest BCUT2D eigenvalue weighted by Crippen LogP contribution is 2.20. The molecule has 3 aromatic heterocycles. The van der Waals surface area contributed by atoms with E-state index in [-0.39, 0.29) is 18.6 Å². The second-order valence-corrected chi connectivity index (χ2v) is 6.53. The van der Waals surface area contributed by atoms with Gasteiger partial charge in [0.1, 0.15) is 29.4 Å². The number of nitrogens with zero attached hydrogens (tertiary/aromatic N) is 5. The van der Waals surface area contributed by atoms with Gasteiger partial charge in [0.15, 0.2) is 0 Å². The van der Waals surface area contributed by atoms with Gasteiger partial charge in [0, 0.05) is 19.3 Å². The Kier molecular flexibility index (Phi) is 5.44. The number of ether oxygens (including phenoxy) is 1. The Hall–Kier alpha value is -3.29. The van der Waals surface area contributed by atoms with Crippen molar-refractivity contribution in [2.75, 3.05) is 0 Å². The van der Waals surface area contributed by atoms with Crippen LogP contribution in [0.3, 0.4) is 0 Å². The fraction of sp³-hybridized carbons (Fsp3) is 0.316. The molecule has 0 saturated heterocycles. The molecule has 1 amide bonds. The van der Waals surface area contributed by atoms with Crippen molar-refractivity contribution in [2.24, 2.45) is 7.05 Å². The number of pyridine rings is 2. The molecule has 0 aliphatic heterocycles. The molecule has 0 aliphatic carbocycles. The van der Waals surface area contributed by atoms with Gasteiger partial charge in [0.25, 0.3) is 5.91 Å². The fourth-order valence-corrected chi connectivity index (χ4v) is 2.43. The van der Waals surface area contributed by atoms with Crippen LogP contribution < -0.4 is 10.1 Å². The number of aromatic nitrogens is 5. The lowest BCUT2D eigenvalue weighted by Gasteiger charge is -2.09. The highest BCUT2D eigenvalue weighted by Gasteiger charge is 2.15. The largest absolute Gasteiger partial charge is 0.486 e. The summed E-state index contributed by atoms with van der Waals surface area (Å²) in [6.45, 7) is 6.04. The molecular formula is C19H22N6O2. The average Bonchev–Trinajstić information content (AvgIpc) is 3.01. The van der Waals surface area contributed by atoms with Gasteiger partial charge in [-0.05, 0) is 44.5 Å². The fourth-order valence-electron chi connectivity index (χ4n) is 2.43. The van der Waals surface area contributed by atoms with Gasteiger partial charge >= 0.3 is 0 Å². The molecule has 1 N–H and O–H groups in total. The molecule has 3 heterocycles. The molecule has 8 heteroatoms. The number of rotatable bonds is 6. The van der Waals surface area contributed by atoms with Crippen LogP contribution in [-0.2, 0) is 13.7 Å². The monoisotopic (exact) mass is 366 g/mol. The lowest BCUT2D eigenvalue weighted by molar-refractivity contribution is 0.0938. The van der Waals surface area contributed by atoms with Crippen molar-refractivity contribution in [3.63, 3.8) is 0 Å². The Morgan fingerprint density at radius 1 is 1.19 bits per heavy atom. The van der Waals surface area contributed by atoms with E-state index in [1.54, 1.807) is 30.1 Å². The Balaban J connectivity index is 1.71. The third-order valence-corrected chi connectivity index (χ3v) is 3.86. The highest BCUT2D eigenvalue weighted by molar-refractivity contribution is 5.92. The Morgan fingerprint density at radius 3 is 2.63 bits per heavy atom. The third kappa shape index (κ3) is 4.46. The van der Waals surface area contributed by atoms with Crippen molar-refractivity contribution < 1.29 is 9.53 Å². The minimum Gasteiger partial charge on any atom is -0.486 e. The van der Waals surface area contributed by atoms with E-state index in [1.165, 1.54) is 6.20 Å². The van der Waals surface area contributed by atoms with Gasteiger partial charge in [0.2, 0.25) is 0 Å². The first-order valence-electron chi connectivity index (χ1n) is 8.65. The first-order valence-corrected chi connectivity index (χ1v) is 8.65. The maximum Gasteiger partial charge on any atom is 0.270 e. The SMILES string of the molecule is Cc1ccc(-c2nnn(C)c2COc2ccc(C(=O)NC(C)C)nc2)nc1. The standard InChI is InChI=1S/C19H22N6O2/c1-12(2)22-19(26)16-8-6-14(10-21-16)27-11-17-18(23-24-25(17)4)15-7-5-13(3)9-20-15/h5-10,12H,11H2,1-4H3,(H,22,26). The quantitative estimate of drug-likeness (QED) is 0.719. The number of carbonyl (C=O) groups excluding carboxylic acids is 1. The average molecular weight is 366 g/mol. The maximum absolute atomic E-state index is 11.9. The molecule has 0 aromatic carbocycles. The zero-order valence-electron chi connectivity index (χ0n) is 15.8. The van der Waals surface area contributed by atoms with Crippen LogP contribution in [0.2, 0.25) is 0 Å². The Morgan fingerprint density at radius 2 is 2.00 bits per heavy atom. The summed E-state index contributed by atoms with van der Waals surface area (Å²) in [6.07, 6.45) is 3.32. The lowest BCUT2D eigenvalue weighted by atomic mass is 10.2. The molecule has 0 bridgehead atoms. The minimum absolute atomic E-state index is 0.0568. The van der Waals surface area contributed by atoms with Crippen LogP contribution in [0.15, 0.2) is 36.7 Å². The Bertz CT molecular complexity index is 916. The van der Waals surface area contributed by atoms with Crippen molar-refractivity contribution in [2.45, 2.75) is 33.4 Å². The second-order valence-electron chi connectivity index (χ2n) is 6.53. The lowest BCUT2D eigenvalue weighted by Crippen LogP contribution is -2.30. The summed E-state index contributed by atoms with van der Waals surface area (Å²) < 4.78 is 7.47. The molecule has 27 heavy (non-hydrogen) atoms. The molecule has 3 aromatic rings. The number of aryl methyl sites for hydroxylation is 2. The zero-order valence-corrected chi connectivity index (χ0v) is 15.8. The van der Waals surface area contributed by atoms with E-state index in [2.05, 4.69) is 25.6 Å². The van der Waals surface area contributed by atoms with E-state index in [9.17, 15) is 4.79 Å². The van der Waals surface area contributed by atoms with Gasteiger partial charge < -0.3 is 10.1 Å². The summed E-state index contributed by atoms with van der Waals surface area (Å²) in [6, 6.07) is 7.30. The Labute approximate surface area is 157 Å². The summed E-state index contributed by atoms with van der Waals surface area (Å²) >= 11 is 0. The maximum atomic E-state index is 11.9. The van der Waals surface area contributed by atoms with Crippen LogP contribution in [-0.4, -0.2) is 36.9 Å². The van der Waals surface area contributed by atoms with Gasteiger partial charge in [-0.25, -0.2) is 9.67 Å². The van der Waals surface area contributed by atoms with E-state index >= 15 is 0 Å². The molecule has 0 spiro atoms. The minimum atomic E-state index is -0.208. The molecule has 0 radical (unpaired) electrons. The summed E-state index contributed by atoms with van der Waals surface area (Å²) in [5.41, 5.74) is 3.65. The van der Waals surface area contributed by atoms with Gasteiger partial charge in [-0.1, -0.05) is 11.3 Å². The van der Waals surface area contributed by atoms with Crippen molar-refractivity contribution in [3.8, 4) is 17.1 Å². The van der Waals surface area contributed by atoms with Crippen LogP contribution in [0.4, 0.5) is 0 Å². The number of carbonyl (C=O) groups is 1. The van der Waals surface area contributed by atoms with Gasteiger partial charge in [-0.2, -0.15) is 0 Å². The smallest absolute Gasteiger partial charge is 0.270 e. The van der Waals surface area contributed by atoms with Crippen LogP contribution in [0, 0.1) is 6.92 Å². The molecule has 0 aliphatic rings. The summed E-state index contributed by atoms with van der Waals surface area (Å²) in [5, 5.41) is 11.1. The normalized spacial score (nSPS) is 10.9. The number of hydrogen-bond donors (Lipinski definition) is 1.